The molecule has 25 heavy (non-hydrogen) atoms. The van der Waals surface area contributed by atoms with E-state index in [-0.39, 0.29) is 22.6 Å². The van der Waals surface area contributed by atoms with Crippen LogP contribution in [0.3, 0.4) is 0 Å². The van der Waals surface area contributed by atoms with Crippen LogP contribution in [0.5, 0.6) is 0 Å². The fourth-order valence-electron chi connectivity index (χ4n) is 3.03. The number of benzene rings is 1. The molecule has 1 aromatic rings. The summed E-state index contributed by atoms with van der Waals surface area (Å²) in [6, 6.07) is 8.60. The van der Waals surface area contributed by atoms with Gasteiger partial charge in [0.1, 0.15) is 5.37 Å². The molecule has 1 fully saturated rings. The predicted molar refractivity (Wildman–Crippen MR) is 105 cm³/mol. The van der Waals surface area contributed by atoms with Crippen molar-refractivity contribution in [1.29, 1.82) is 0 Å². The molecule has 0 N–H and O–H groups in total. The lowest BCUT2D eigenvalue weighted by Crippen LogP contribution is -2.39. The van der Waals surface area contributed by atoms with Gasteiger partial charge in [-0.3, -0.25) is 9.59 Å². The molecule has 0 saturated carbocycles. The Kier molecular flexibility index (Phi) is 6.55. The van der Waals surface area contributed by atoms with E-state index in [0.29, 0.717) is 31.8 Å². The zero-order chi connectivity index (χ0) is 18.6. The van der Waals surface area contributed by atoms with Crippen molar-refractivity contribution in [3.63, 3.8) is 0 Å². The molecule has 0 bridgehead atoms. The van der Waals surface area contributed by atoms with Gasteiger partial charge in [0.2, 0.25) is 11.8 Å². The molecule has 1 saturated heterocycles. The van der Waals surface area contributed by atoms with Crippen molar-refractivity contribution in [2.75, 3.05) is 25.4 Å². The van der Waals surface area contributed by atoms with Gasteiger partial charge < -0.3 is 9.80 Å². The summed E-state index contributed by atoms with van der Waals surface area (Å²) < 4.78 is 0. The largest absolute Gasteiger partial charge is 0.341 e. The maximum atomic E-state index is 12.3. The molecule has 138 valence electrons. The lowest BCUT2D eigenvalue weighted by Gasteiger charge is -2.28. The van der Waals surface area contributed by atoms with E-state index < -0.39 is 0 Å². The second-order valence-electron chi connectivity index (χ2n) is 7.45. The number of amides is 2. The van der Waals surface area contributed by atoms with Gasteiger partial charge >= 0.3 is 0 Å². The first-order valence-corrected chi connectivity index (χ1v) is 10.1. The van der Waals surface area contributed by atoms with Crippen LogP contribution in [0.1, 0.15) is 57.5 Å². The Morgan fingerprint density at radius 3 is 2.40 bits per heavy atom. The van der Waals surface area contributed by atoms with E-state index >= 15 is 0 Å². The maximum absolute atomic E-state index is 12.3. The summed E-state index contributed by atoms with van der Waals surface area (Å²) in [5.41, 5.74) is 2.58. The van der Waals surface area contributed by atoms with Crippen molar-refractivity contribution < 1.29 is 9.59 Å². The van der Waals surface area contributed by atoms with E-state index in [0.717, 1.165) is 5.56 Å². The van der Waals surface area contributed by atoms with E-state index in [9.17, 15) is 9.59 Å². The van der Waals surface area contributed by atoms with Crippen LogP contribution in [0.15, 0.2) is 24.3 Å². The first-order chi connectivity index (χ1) is 11.8. The summed E-state index contributed by atoms with van der Waals surface area (Å²) >= 11 is 1.67. The lowest BCUT2D eigenvalue weighted by atomic mass is 9.87. The number of thioether (sulfide) groups is 1. The highest BCUT2D eigenvalue weighted by Crippen LogP contribution is 2.39. The van der Waals surface area contributed by atoms with E-state index in [4.69, 9.17) is 0 Å². The molecular weight excluding hydrogens is 332 g/mol. The highest BCUT2D eigenvalue weighted by atomic mass is 32.2. The molecule has 0 aromatic heterocycles. The molecular formula is C20H30N2O2S. The Hall–Kier alpha value is -1.49. The van der Waals surface area contributed by atoms with Crippen LogP contribution >= 0.6 is 11.8 Å². The van der Waals surface area contributed by atoms with E-state index in [1.807, 2.05) is 23.6 Å². The SMILES string of the molecule is CCC(=O)N(CC)CCN1C(=O)CSC1c1ccc(C(C)(C)C)cc1. The van der Waals surface area contributed by atoms with Crippen LogP contribution in [-0.2, 0) is 15.0 Å². The van der Waals surface area contributed by atoms with Gasteiger partial charge in [-0.15, -0.1) is 11.8 Å². The van der Waals surface area contributed by atoms with Crippen LogP contribution in [0, 0.1) is 0 Å². The minimum Gasteiger partial charge on any atom is -0.341 e. The number of rotatable bonds is 6. The molecule has 5 heteroatoms. The fourth-order valence-corrected chi connectivity index (χ4v) is 4.25. The minimum absolute atomic E-state index is 0.0527. The van der Waals surface area contributed by atoms with Gasteiger partial charge in [0.05, 0.1) is 5.75 Å². The molecule has 2 amide bonds. The van der Waals surface area contributed by atoms with E-state index in [1.165, 1.54) is 5.56 Å². The summed E-state index contributed by atoms with van der Waals surface area (Å²) in [4.78, 5) is 28.0. The number of carbonyl (C=O) groups excluding carboxylic acids is 2. The average Bonchev–Trinajstić information content (AvgIpc) is 2.95. The molecule has 1 aliphatic rings. The zero-order valence-electron chi connectivity index (χ0n) is 16.0. The first-order valence-electron chi connectivity index (χ1n) is 9.07. The van der Waals surface area contributed by atoms with Crippen LogP contribution < -0.4 is 0 Å². The smallest absolute Gasteiger partial charge is 0.233 e. The van der Waals surface area contributed by atoms with Crippen LogP contribution in [-0.4, -0.2) is 47.0 Å². The Labute approximate surface area is 156 Å². The molecule has 0 spiro atoms. The van der Waals surface area contributed by atoms with E-state index in [2.05, 4.69) is 45.0 Å². The minimum atomic E-state index is 0.0527. The predicted octanol–water partition coefficient (Wildman–Crippen LogP) is 3.82. The summed E-state index contributed by atoms with van der Waals surface area (Å²) in [5.74, 6) is 0.822. The number of likely N-dealkylation sites (N-methyl/N-ethyl adjacent to an activating group) is 1. The summed E-state index contributed by atoms with van der Waals surface area (Å²) in [7, 11) is 0. The maximum Gasteiger partial charge on any atom is 0.233 e. The van der Waals surface area contributed by atoms with Crippen molar-refractivity contribution in [1.82, 2.24) is 9.80 Å². The Balaban J connectivity index is 2.09. The third kappa shape index (κ3) is 4.78. The van der Waals surface area contributed by atoms with Gasteiger partial charge in [-0.05, 0) is 23.5 Å². The second kappa shape index (κ2) is 8.26. The standard InChI is InChI=1S/C20H30N2O2S/c1-6-17(23)21(7-2)12-13-22-18(24)14-25-19(22)15-8-10-16(11-9-15)20(3,4)5/h8-11,19H,6-7,12-14H2,1-5H3. The van der Waals surface area contributed by atoms with Gasteiger partial charge in [0.25, 0.3) is 0 Å². The molecule has 1 unspecified atom stereocenters. The highest BCUT2D eigenvalue weighted by Gasteiger charge is 2.33. The van der Waals surface area contributed by atoms with Crippen molar-refractivity contribution in [3.05, 3.63) is 35.4 Å². The Morgan fingerprint density at radius 2 is 1.88 bits per heavy atom. The number of hydrogen-bond donors (Lipinski definition) is 0. The van der Waals surface area contributed by atoms with Gasteiger partial charge in [-0.2, -0.15) is 0 Å². The van der Waals surface area contributed by atoms with Crippen LogP contribution in [0.2, 0.25) is 0 Å². The molecule has 1 aromatic carbocycles. The molecule has 1 heterocycles. The zero-order valence-corrected chi connectivity index (χ0v) is 16.9. The highest BCUT2D eigenvalue weighted by molar-refractivity contribution is 8.00. The summed E-state index contributed by atoms with van der Waals surface area (Å²) in [5, 5.41) is 0.0527. The lowest BCUT2D eigenvalue weighted by molar-refractivity contribution is -0.133. The van der Waals surface area contributed by atoms with Gasteiger partial charge in [0, 0.05) is 26.1 Å². The summed E-state index contributed by atoms with van der Waals surface area (Å²) in [6.07, 6.45) is 0.508. The molecule has 1 atom stereocenters. The molecule has 0 radical (unpaired) electrons. The Morgan fingerprint density at radius 1 is 1.24 bits per heavy atom. The normalized spacial score (nSPS) is 17.9. The third-order valence-electron chi connectivity index (χ3n) is 4.68. The summed E-state index contributed by atoms with van der Waals surface area (Å²) in [6.45, 7) is 12.3. The van der Waals surface area contributed by atoms with Crippen molar-refractivity contribution in [2.24, 2.45) is 0 Å². The second-order valence-corrected chi connectivity index (χ2v) is 8.52. The first kappa shape index (κ1) is 19.8. The molecule has 0 aliphatic carbocycles. The van der Waals surface area contributed by atoms with Gasteiger partial charge in [-0.1, -0.05) is 52.0 Å². The molecule has 2 rings (SSSR count). The fraction of sp³-hybridized carbons (Fsp3) is 0.600. The van der Waals surface area contributed by atoms with Crippen molar-refractivity contribution in [2.45, 2.75) is 51.8 Å². The Bertz CT molecular complexity index is 607. The molecule has 1 aliphatic heterocycles. The van der Waals surface area contributed by atoms with Gasteiger partial charge in [-0.25, -0.2) is 0 Å². The number of nitrogens with zero attached hydrogens (tertiary/aromatic N) is 2. The quantitative estimate of drug-likeness (QED) is 0.772. The topological polar surface area (TPSA) is 40.6 Å². The third-order valence-corrected chi connectivity index (χ3v) is 5.93. The number of carbonyl (C=O) groups is 2. The van der Waals surface area contributed by atoms with Crippen LogP contribution in [0.25, 0.3) is 0 Å². The average molecular weight is 363 g/mol. The number of hydrogen-bond acceptors (Lipinski definition) is 3. The van der Waals surface area contributed by atoms with Crippen LogP contribution in [0.4, 0.5) is 0 Å². The van der Waals surface area contributed by atoms with E-state index in [1.54, 1.807) is 11.8 Å². The monoisotopic (exact) mass is 362 g/mol. The van der Waals surface area contributed by atoms with Crippen molar-refractivity contribution in [3.8, 4) is 0 Å². The van der Waals surface area contributed by atoms with Crippen molar-refractivity contribution >= 4 is 23.6 Å². The molecule has 4 nitrogen and oxygen atoms in total. The van der Waals surface area contributed by atoms with Gasteiger partial charge in [0.15, 0.2) is 0 Å².